The van der Waals surface area contributed by atoms with E-state index in [1.165, 1.54) is 15.8 Å². The molecule has 0 atom stereocenters. The van der Waals surface area contributed by atoms with Gasteiger partial charge < -0.3 is 4.74 Å². The van der Waals surface area contributed by atoms with Gasteiger partial charge in [0, 0.05) is 27.2 Å². The molecular formula is C17H24N2OS3. The standard InChI is InChI=1S/C17H24N2OS3/c1-9(2)21-14-13-11-7-17(5,6)20-8-12(11)23-15(13)19-16(18-14)22-10(3)4/h9-10H,7-8H2,1-6H3. The highest BCUT2D eigenvalue weighted by Crippen LogP contribution is 2.43. The van der Waals surface area contributed by atoms with E-state index in [1.54, 1.807) is 23.1 Å². The van der Waals surface area contributed by atoms with Crippen molar-refractivity contribution in [1.29, 1.82) is 0 Å². The van der Waals surface area contributed by atoms with Gasteiger partial charge >= 0.3 is 0 Å². The fraction of sp³-hybridized carbons (Fsp3) is 0.647. The topological polar surface area (TPSA) is 35.0 Å². The van der Waals surface area contributed by atoms with Crippen LogP contribution in [0, 0.1) is 0 Å². The normalized spacial score (nSPS) is 17.2. The van der Waals surface area contributed by atoms with Crippen molar-refractivity contribution in [3.8, 4) is 0 Å². The molecule has 1 aliphatic heterocycles. The molecule has 0 radical (unpaired) electrons. The Balaban J connectivity index is 2.15. The maximum Gasteiger partial charge on any atom is 0.190 e. The summed E-state index contributed by atoms with van der Waals surface area (Å²) in [6.45, 7) is 13.8. The summed E-state index contributed by atoms with van der Waals surface area (Å²) in [6, 6.07) is 0. The first-order valence-electron chi connectivity index (χ1n) is 8.05. The second kappa shape index (κ2) is 6.54. The molecule has 0 saturated carbocycles. The zero-order valence-corrected chi connectivity index (χ0v) is 17.0. The molecule has 2 aromatic rings. The van der Waals surface area contributed by atoms with Gasteiger partial charge in [0.1, 0.15) is 9.86 Å². The lowest BCUT2D eigenvalue weighted by molar-refractivity contribution is -0.0379. The molecule has 0 spiro atoms. The van der Waals surface area contributed by atoms with E-state index in [4.69, 9.17) is 14.7 Å². The first-order valence-corrected chi connectivity index (χ1v) is 10.6. The molecule has 0 bridgehead atoms. The van der Waals surface area contributed by atoms with Gasteiger partial charge in [0.05, 0.1) is 12.2 Å². The van der Waals surface area contributed by atoms with Crippen LogP contribution in [0.5, 0.6) is 0 Å². The molecular weight excluding hydrogens is 344 g/mol. The van der Waals surface area contributed by atoms with E-state index in [0.29, 0.717) is 17.1 Å². The summed E-state index contributed by atoms with van der Waals surface area (Å²) in [5.74, 6) is 0. The number of hydrogen-bond donors (Lipinski definition) is 0. The molecule has 2 aromatic heterocycles. The molecule has 3 heterocycles. The average Bonchev–Trinajstić information content (AvgIpc) is 2.73. The van der Waals surface area contributed by atoms with Crippen molar-refractivity contribution in [2.24, 2.45) is 0 Å². The number of ether oxygens (including phenoxy) is 1. The first-order chi connectivity index (χ1) is 10.7. The van der Waals surface area contributed by atoms with Crippen molar-refractivity contribution in [3.05, 3.63) is 10.4 Å². The van der Waals surface area contributed by atoms with Gasteiger partial charge in [0.2, 0.25) is 0 Å². The van der Waals surface area contributed by atoms with Crippen molar-refractivity contribution >= 4 is 45.1 Å². The Hall–Kier alpha value is -0.300. The third-order valence-corrected chi connectivity index (χ3v) is 6.52. The molecule has 0 N–H and O–H groups in total. The highest BCUT2D eigenvalue weighted by molar-refractivity contribution is 8.00. The van der Waals surface area contributed by atoms with Crippen LogP contribution in [0.2, 0.25) is 0 Å². The van der Waals surface area contributed by atoms with Crippen LogP contribution in [0.3, 0.4) is 0 Å². The van der Waals surface area contributed by atoms with Crippen LogP contribution in [-0.4, -0.2) is 26.1 Å². The fourth-order valence-corrected chi connectivity index (χ4v) is 5.58. The van der Waals surface area contributed by atoms with Crippen LogP contribution < -0.4 is 0 Å². The predicted octanol–water partition coefficient (Wildman–Crippen LogP) is 5.54. The molecule has 0 amide bonds. The van der Waals surface area contributed by atoms with Crippen molar-refractivity contribution in [1.82, 2.24) is 9.97 Å². The van der Waals surface area contributed by atoms with E-state index in [-0.39, 0.29) is 5.60 Å². The number of rotatable bonds is 4. The van der Waals surface area contributed by atoms with Gasteiger partial charge in [-0.05, 0) is 19.4 Å². The van der Waals surface area contributed by atoms with Gasteiger partial charge in [-0.25, -0.2) is 9.97 Å². The third-order valence-electron chi connectivity index (χ3n) is 3.57. The molecule has 126 valence electrons. The summed E-state index contributed by atoms with van der Waals surface area (Å²) in [5, 5.41) is 4.31. The highest BCUT2D eigenvalue weighted by atomic mass is 32.2. The average molecular weight is 369 g/mol. The lowest BCUT2D eigenvalue weighted by atomic mass is 9.95. The third kappa shape index (κ3) is 3.86. The Labute approximate surface area is 151 Å². The lowest BCUT2D eigenvalue weighted by Crippen LogP contribution is -2.31. The zero-order chi connectivity index (χ0) is 16.8. The Morgan fingerprint density at radius 3 is 2.43 bits per heavy atom. The van der Waals surface area contributed by atoms with Crippen LogP contribution in [0.4, 0.5) is 0 Å². The van der Waals surface area contributed by atoms with E-state index in [1.807, 2.05) is 11.8 Å². The molecule has 6 heteroatoms. The van der Waals surface area contributed by atoms with Crippen molar-refractivity contribution in [2.75, 3.05) is 0 Å². The summed E-state index contributed by atoms with van der Waals surface area (Å²) in [5.41, 5.74) is 1.30. The van der Waals surface area contributed by atoms with Crippen LogP contribution in [0.25, 0.3) is 10.2 Å². The van der Waals surface area contributed by atoms with Gasteiger partial charge in [0.25, 0.3) is 0 Å². The quantitative estimate of drug-likeness (QED) is 0.402. The van der Waals surface area contributed by atoms with Gasteiger partial charge in [-0.15, -0.1) is 23.1 Å². The van der Waals surface area contributed by atoms with Crippen molar-refractivity contribution < 1.29 is 4.74 Å². The van der Waals surface area contributed by atoms with Gasteiger partial charge in [0.15, 0.2) is 5.16 Å². The highest BCUT2D eigenvalue weighted by Gasteiger charge is 2.31. The number of hydrogen-bond acceptors (Lipinski definition) is 6. The molecule has 23 heavy (non-hydrogen) atoms. The first kappa shape index (κ1) is 17.5. The molecule has 3 nitrogen and oxygen atoms in total. The van der Waals surface area contributed by atoms with Crippen molar-refractivity contribution in [2.45, 2.75) is 80.9 Å². The van der Waals surface area contributed by atoms with E-state index in [9.17, 15) is 0 Å². The predicted molar refractivity (Wildman–Crippen MR) is 102 cm³/mol. The molecule has 0 saturated heterocycles. The van der Waals surface area contributed by atoms with E-state index in [0.717, 1.165) is 21.4 Å². The molecule has 0 aromatic carbocycles. The fourth-order valence-electron chi connectivity index (χ4n) is 2.67. The van der Waals surface area contributed by atoms with E-state index >= 15 is 0 Å². The second-order valence-corrected chi connectivity index (χ2v) is 11.2. The SMILES string of the molecule is CC(C)Sc1nc(SC(C)C)c2c3c(sc2n1)COC(C)(C)C3. The number of aromatic nitrogens is 2. The van der Waals surface area contributed by atoms with E-state index < -0.39 is 0 Å². The lowest BCUT2D eigenvalue weighted by Gasteiger charge is -2.30. The van der Waals surface area contributed by atoms with Crippen LogP contribution >= 0.6 is 34.9 Å². The van der Waals surface area contributed by atoms with Gasteiger partial charge in [-0.3, -0.25) is 0 Å². The summed E-state index contributed by atoms with van der Waals surface area (Å²) < 4.78 is 5.99. The molecule has 0 aliphatic carbocycles. The Bertz CT molecular complexity index is 722. The zero-order valence-electron chi connectivity index (χ0n) is 14.6. The molecule has 0 fully saturated rings. The number of fused-ring (bicyclic) bond motifs is 3. The second-order valence-electron chi connectivity index (χ2n) is 7.05. The van der Waals surface area contributed by atoms with Crippen LogP contribution in [-0.2, 0) is 17.8 Å². The molecule has 0 unspecified atom stereocenters. The Morgan fingerprint density at radius 1 is 1.09 bits per heavy atom. The maximum atomic E-state index is 5.99. The van der Waals surface area contributed by atoms with Gasteiger partial charge in [-0.2, -0.15) is 0 Å². The Kier molecular flexibility index (Phi) is 4.98. The van der Waals surface area contributed by atoms with Crippen LogP contribution in [0.15, 0.2) is 10.2 Å². The van der Waals surface area contributed by atoms with E-state index in [2.05, 4.69) is 41.5 Å². The maximum absolute atomic E-state index is 5.99. The monoisotopic (exact) mass is 368 g/mol. The minimum absolute atomic E-state index is 0.105. The molecule has 1 aliphatic rings. The van der Waals surface area contributed by atoms with Crippen LogP contribution in [0.1, 0.15) is 52.0 Å². The minimum atomic E-state index is -0.105. The summed E-state index contributed by atoms with van der Waals surface area (Å²) in [6.07, 6.45) is 0.939. The van der Waals surface area contributed by atoms with Crippen molar-refractivity contribution in [3.63, 3.8) is 0 Å². The molecule has 3 rings (SSSR count). The summed E-state index contributed by atoms with van der Waals surface area (Å²) in [4.78, 5) is 12.2. The summed E-state index contributed by atoms with van der Waals surface area (Å²) in [7, 11) is 0. The number of thioether (sulfide) groups is 2. The number of thiophene rings is 1. The Morgan fingerprint density at radius 2 is 1.78 bits per heavy atom. The minimum Gasteiger partial charge on any atom is -0.370 e. The smallest absolute Gasteiger partial charge is 0.190 e. The number of nitrogens with zero attached hydrogens (tertiary/aromatic N) is 2. The summed E-state index contributed by atoms with van der Waals surface area (Å²) >= 11 is 5.37. The van der Waals surface area contributed by atoms with Gasteiger partial charge in [-0.1, -0.05) is 39.5 Å². The largest absolute Gasteiger partial charge is 0.370 e.